The van der Waals surface area contributed by atoms with E-state index in [9.17, 15) is 4.79 Å². The van der Waals surface area contributed by atoms with E-state index >= 15 is 0 Å². The molecule has 1 saturated heterocycles. The maximum atomic E-state index is 11.8. The quantitative estimate of drug-likeness (QED) is 0.816. The molecule has 0 spiro atoms. The van der Waals surface area contributed by atoms with E-state index in [1.165, 1.54) is 0 Å². The molecule has 0 unspecified atom stereocenters. The summed E-state index contributed by atoms with van der Waals surface area (Å²) in [6, 6.07) is 9.05. The summed E-state index contributed by atoms with van der Waals surface area (Å²) in [6.07, 6.45) is 3.20. The Morgan fingerprint density at radius 1 is 1.38 bits per heavy atom. The fraction of sp³-hybridized carbons (Fsp3) is 0.500. The standard InChI is InChI=1S/C16H20N2O3/c17-12-13-4-1-2-5-15(13)18-16(19)6-3-9-21-14-7-10-20-11-8-14/h1-2,4-5,14H,3,6-11H2,(H,18,19). The third-order valence-electron chi connectivity index (χ3n) is 3.39. The van der Waals surface area contributed by atoms with Crippen LogP contribution in [0.15, 0.2) is 24.3 Å². The van der Waals surface area contributed by atoms with Crippen molar-refractivity contribution in [2.45, 2.75) is 31.8 Å². The molecule has 1 amide bonds. The van der Waals surface area contributed by atoms with Crippen molar-refractivity contribution in [3.63, 3.8) is 0 Å². The largest absolute Gasteiger partial charge is 0.381 e. The van der Waals surface area contributed by atoms with Crippen LogP contribution in [-0.2, 0) is 14.3 Å². The van der Waals surface area contributed by atoms with Crippen molar-refractivity contribution in [2.24, 2.45) is 0 Å². The second-order valence-electron chi connectivity index (χ2n) is 4.99. The lowest BCUT2D eigenvalue weighted by Crippen LogP contribution is -2.24. The number of para-hydroxylation sites is 1. The zero-order valence-electron chi connectivity index (χ0n) is 12.0. The molecule has 0 aliphatic carbocycles. The number of nitrogens with zero attached hydrogens (tertiary/aromatic N) is 1. The predicted octanol–water partition coefficient (Wildman–Crippen LogP) is 2.47. The number of ether oxygens (including phenoxy) is 2. The summed E-state index contributed by atoms with van der Waals surface area (Å²) in [5, 5.41) is 11.7. The molecule has 1 aromatic carbocycles. The first-order valence-electron chi connectivity index (χ1n) is 7.28. The lowest BCUT2D eigenvalue weighted by molar-refractivity contribution is -0.116. The van der Waals surface area contributed by atoms with Gasteiger partial charge < -0.3 is 14.8 Å². The number of hydrogen-bond acceptors (Lipinski definition) is 4. The van der Waals surface area contributed by atoms with Crippen LogP contribution in [0.5, 0.6) is 0 Å². The lowest BCUT2D eigenvalue weighted by atomic mass is 10.1. The van der Waals surface area contributed by atoms with Gasteiger partial charge in [0.2, 0.25) is 5.91 Å². The van der Waals surface area contributed by atoms with Gasteiger partial charge in [-0.2, -0.15) is 5.26 Å². The Labute approximate surface area is 124 Å². The minimum absolute atomic E-state index is 0.0896. The molecule has 0 saturated carbocycles. The molecule has 0 atom stereocenters. The van der Waals surface area contributed by atoms with Crippen LogP contribution in [0.4, 0.5) is 5.69 Å². The van der Waals surface area contributed by atoms with Gasteiger partial charge in [-0.15, -0.1) is 0 Å². The molecule has 1 fully saturated rings. The van der Waals surface area contributed by atoms with Gasteiger partial charge in [0.15, 0.2) is 0 Å². The van der Waals surface area contributed by atoms with Crippen LogP contribution in [0.25, 0.3) is 0 Å². The Kier molecular flexibility index (Phi) is 6.20. The molecule has 0 aromatic heterocycles. The van der Waals surface area contributed by atoms with Gasteiger partial charge in [0.1, 0.15) is 6.07 Å². The van der Waals surface area contributed by atoms with Crippen molar-refractivity contribution in [1.82, 2.24) is 0 Å². The molecule has 1 N–H and O–H groups in total. The number of nitrogens with one attached hydrogen (secondary N) is 1. The van der Waals surface area contributed by atoms with E-state index in [4.69, 9.17) is 14.7 Å². The molecule has 1 aliphatic rings. The fourth-order valence-electron chi connectivity index (χ4n) is 2.23. The first-order valence-corrected chi connectivity index (χ1v) is 7.28. The molecule has 1 aromatic rings. The van der Waals surface area contributed by atoms with Crippen LogP contribution in [0.1, 0.15) is 31.2 Å². The first-order chi connectivity index (χ1) is 10.3. The van der Waals surface area contributed by atoms with Crippen LogP contribution >= 0.6 is 0 Å². The van der Waals surface area contributed by atoms with Gasteiger partial charge in [-0.1, -0.05) is 12.1 Å². The number of anilines is 1. The van der Waals surface area contributed by atoms with Gasteiger partial charge in [-0.3, -0.25) is 4.79 Å². The zero-order chi connectivity index (χ0) is 14.9. The minimum Gasteiger partial charge on any atom is -0.381 e. The highest BCUT2D eigenvalue weighted by molar-refractivity contribution is 5.92. The number of carbonyl (C=O) groups is 1. The summed E-state index contributed by atoms with van der Waals surface area (Å²) in [5.74, 6) is -0.0896. The molecule has 0 bridgehead atoms. The molecule has 21 heavy (non-hydrogen) atoms. The van der Waals surface area contributed by atoms with E-state index in [0.717, 1.165) is 26.1 Å². The van der Waals surface area contributed by atoms with Crippen molar-refractivity contribution in [3.8, 4) is 6.07 Å². The minimum atomic E-state index is -0.0896. The van der Waals surface area contributed by atoms with Gasteiger partial charge in [-0.05, 0) is 31.4 Å². The molecule has 1 aliphatic heterocycles. The van der Waals surface area contributed by atoms with Crippen LogP contribution in [-0.4, -0.2) is 31.8 Å². The fourth-order valence-corrected chi connectivity index (χ4v) is 2.23. The summed E-state index contributed by atoms with van der Waals surface area (Å²) >= 11 is 0. The van der Waals surface area contributed by atoms with Crippen LogP contribution in [0.2, 0.25) is 0 Å². The number of benzene rings is 1. The third-order valence-corrected chi connectivity index (χ3v) is 3.39. The van der Waals surface area contributed by atoms with Gasteiger partial charge in [0.25, 0.3) is 0 Å². The Hall–Kier alpha value is -1.90. The number of nitriles is 1. The number of amides is 1. The summed E-state index contributed by atoms with van der Waals surface area (Å²) in [7, 11) is 0. The summed E-state index contributed by atoms with van der Waals surface area (Å²) in [4.78, 5) is 11.8. The SMILES string of the molecule is N#Cc1ccccc1NC(=O)CCCOC1CCOCC1. The molecule has 2 rings (SSSR count). The van der Waals surface area contributed by atoms with Crippen molar-refractivity contribution < 1.29 is 14.3 Å². The van der Waals surface area contributed by atoms with Crippen molar-refractivity contribution >= 4 is 11.6 Å². The normalized spacial score (nSPS) is 15.4. The molecular formula is C16H20N2O3. The highest BCUT2D eigenvalue weighted by Gasteiger charge is 2.14. The Balaban J connectivity index is 1.66. The summed E-state index contributed by atoms with van der Waals surface area (Å²) < 4.78 is 11.0. The van der Waals surface area contributed by atoms with Crippen LogP contribution < -0.4 is 5.32 Å². The Morgan fingerprint density at radius 2 is 2.14 bits per heavy atom. The van der Waals surface area contributed by atoms with E-state index in [-0.39, 0.29) is 12.0 Å². The van der Waals surface area contributed by atoms with Crippen LogP contribution in [0, 0.1) is 11.3 Å². The van der Waals surface area contributed by atoms with Gasteiger partial charge in [-0.25, -0.2) is 0 Å². The second-order valence-corrected chi connectivity index (χ2v) is 4.99. The molecule has 0 radical (unpaired) electrons. The molecule has 112 valence electrons. The van der Waals surface area contributed by atoms with Gasteiger partial charge in [0, 0.05) is 26.2 Å². The van der Waals surface area contributed by atoms with Gasteiger partial charge in [0.05, 0.1) is 17.4 Å². The average molecular weight is 288 g/mol. The molecule has 5 heteroatoms. The van der Waals surface area contributed by atoms with E-state index in [1.54, 1.807) is 24.3 Å². The lowest BCUT2D eigenvalue weighted by Gasteiger charge is -2.22. The number of carbonyl (C=O) groups excluding carboxylic acids is 1. The topological polar surface area (TPSA) is 71.4 Å². The molecule has 1 heterocycles. The van der Waals surface area contributed by atoms with Crippen LogP contribution in [0.3, 0.4) is 0 Å². The van der Waals surface area contributed by atoms with E-state index in [1.807, 2.05) is 0 Å². The molecular weight excluding hydrogens is 268 g/mol. The zero-order valence-corrected chi connectivity index (χ0v) is 12.0. The maximum absolute atomic E-state index is 11.8. The van der Waals surface area contributed by atoms with E-state index < -0.39 is 0 Å². The molecule has 5 nitrogen and oxygen atoms in total. The van der Waals surface area contributed by atoms with Crippen molar-refractivity contribution in [3.05, 3.63) is 29.8 Å². The van der Waals surface area contributed by atoms with E-state index in [2.05, 4.69) is 11.4 Å². The smallest absolute Gasteiger partial charge is 0.224 e. The maximum Gasteiger partial charge on any atom is 0.224 e. The Bertz CT molecular complexity index is 504. The van der Waals surface area contributed by atoms with E-state index in [0.29, 0.717) is 30.7 Å². The highest BCUT2D eigenvalue weighted by Crippen LogP contribution is 2.14. The highest BCUT2D eigenvalue weighted by atomic mass is 16.5. The second kappa shape index (κ2) is 8.40. The Morgan fingerprint density at radius 3 is 2.90 bits per heavy atom. The average Bonchev–Trinajstić information content (AvgIpc) is 2.53. The monoisotopic (exact) mass is 288 g/mol. The predicted molar refractivity (Wildman–Crippen MR) is 78.8 cm³/mol. The van der Waals surface area contributed by atoms with Gasteiger partial charge >= 0.3 is 0 Å². The number of hydrogen-bond donors (Lipinski definition) is 1. The first kappa shape index (κ1) is 15.5. The number of rotatable bonds is 6. The van der Waals surface area contributed by atoms with Crippen molar-refractivity contribution in [1.29, 1.82) is 5.26 Å². The summed E-state index contributed by atoms with van der Waals surface area (Å²) in [5.41, 5.74) is 1.04. The summed E-state index contributed by atoms with van der Waals surface area (Å²) in [6.45, 7) is 2.10. The van der Waals surface area contributed by atoms with Crippen molar-refractivity contribution in [2.75, 3.05) is 25.1 Å². The third kappa shape index (κ3) is 5.18.